The van der Waals surface area contributed by atoms with Gasteiger partial charge in [-0.15, -0.1) is 6.42 Å². The first-order valence-corrected chi connectivity index (χ1v) is 4.97. The SMILES string of the molecule is C#CCN(C)c1ccc([C@@H](O)CC)nc1. The van der Waals surface area contributed by atoms with E-state index in [1.807, 2.05) is 31.0 Å². The third kappa shape index (κ3) is 2.97. The lowest BCUT2D eigenvalue weighted by atomic mass is 10.2. The van der Waals surface area contributed by atoms with E-state index >= 15 is 0 Å². The van der Waals surface area contributed by atoms with Crippen molar-refractivity contribution in [2.24, 2.45) is 0 Å². The number of hydrogen-bond donors (Lipinski definition) is 1. The van der Waals surface area contributed by atoms with Crippen molar-refractivity contribution >= 4 is 5.69 Å². The number of anilines is 1. The number of nitrogens with zero attached hydrogens (tertiary/aromatic N) is 2. The van der Waals surface area contributed by atoms with Crippen molar-refractivity contribution in [1.29, 1.82) is 0 Å². The van der Waals surface area contributed by atoms with Crippen molar-refractivity contribution in [2.45, 2.75) is 19.4 Å². The highest BCUT2D eigenvalue weighted by Crippen LogP contribution is 2.17. The molecule has 1 atom stereocenters. The number of pyridine rings is 1. The molecule has 0 saturated heterocycles. The van der Waals surface area contributed by atoms with Crippen LogP contribution in [0.2, 0.25) is 0 Å². The van der Waals surface area contributed by atoms with Crippen molar-refractivity contribution in [1.82, 2.24) is 4.98 Å². The minimum atomic E-state index is -0.475. The van der Waals surface area contributed by atoms with Gasteiger partial charge in [-0.2, -0.15) is 0 Å². The Kier molecular flexibility index (Phi) is 4.14. The van der Waals surface area contributed by atoms with Crippen molar-refractivity contribution < 1.29 is 5.11 Å². The highest BCUT2D eigenvalue weighted by atomic mass is 16.3. The van der Waals surface area contributed by atoms with Crippen LogP contribution in [0.3, 0.4) is 0 Å². The van der Waals surface area contributed by atoms with Crippen LogP contribution in [0.1, 0.15) is 25.1 Å². The van der Waals surface area contributed by atoms with E-state index < -0.39 is 6.10 Å². The van der Waals surface area contributed by atoms with Crippen LogP contribution in [-0.4, -0.2) is 23.7 Å². The van der Waals surface area contributed by atoms with Gasteiger partial charge < -0.3 is 10.0 Å². The van der Waals surface area contributed by atoms with Gasteiger partial charge in [0, 0.05) is 7.05 Å². The first-order valence-electron chi connectivity index (χ1n) is 4.97. The molecule has 1 rings (SSSR count). The molecule has 3 nitrogen and oxygen atoms in total. The fraction of sp³-hybridized carbons (Fsp3) is 0.417. The van der Waals surface area contributed by atoms with Crippen LogP contribution in [0.25, 0.3) is 0 Å². The molecule has 1 aromatic rings. The smallest absolute Gasteiger partial charge is 0.0957 e. The summed E-state index contributed by atoms with van der Waals surface area (Å²) < 4.78 is 0. The highest BCUT2D eigenvalue weighted by Gasteiger charge is 2.06. The number of aromatic nitrogens is 1. The number of aliphatic hydroxyl groups is 1. The first kappa shape index (κ1) is 11.5. The molecule has 0 fully saturated rings. The van der Waals surface area contributed by atoms with Gasteiger partial charge in [0.2, 0.25) is 0 Å². The summed E-state index contributed by atoms with van der Waals surface area (Å²) in [5, 5.41) is 9.55. The van der Waals surface area contributed by atoms with Crippen LogP contribution < -0.4 is 4.90 Å². The third-order valence-electron chi connectivity index (χ3n) is 2.27. The lowest BCUT2D eigenvalue weighted by molar-refractivity contribution is 0.169. The van der Waals surface area contributed by atoms with Crippen LogP contribution in [0.15, 0.2) is 18.3 Å². The van der Waals surface area contributed by atoms with Gasteiger partial charge >= 0.3 is 0 Å². The summed E-state index contributed by atoms with van der Waals surface area (Å²) in [7, 11) is 1.91. The molecule has 80 valence electrons. The van der Waals surface area contributed by atoms with Gasteiger partial charge in [0.1, 0.15) is 0 Å². The molecule has 0 bridgehead atoms. The van der Waals surface area contributed by atoms with E-state index in [0.717, 1.165) is 5.69 Å². The molecule has 3 heteroatoms. The van der Waals surface area contributed by atoms with Gasteiger partial charge in [0.15, 0.2) is 0 Å². The van der Waals surface area contributed by atoms with E-state index in [9.17, 15) is 5.11 Å². The molecular formula is C12H16N2O. The lowest BCUT2D eigenvalue weighted by Crippen LogP contribution is -2.17. The molecule has 0 aromatic carbocycles. The third-order valence-corrected chi connectivity index (χ3v) is 2.27. The fourth-order valence-electron chi connectivity index (χ4n) is 1.26. The Bertz CT molecular complexity index is 340. The molecule has 0 unspecified atom stereocenters. The maximum Gasteiger partial charge on any atom is 0.0957 e. The molecule has 0 aliphatic rings. The van der Waals surface area contributed by atoms with Crippen LogP contribution >= 0.6 is 0 Å². The van der Waals surface area contributed by atoms with Gasteiger partial charge in [0.05, 0.1) is 30.2 Å². The molecule has 0 saturated carbocycles. The molecule has 15 heavy (non-hydrogen) atoms. The van der Waals surface area contributed by atoms with E-state index in [4.69, 9.17) is 6.42 Å². The zero-order valence-corrected chi connectivity index (χ0v) is 9.14. The average molecular weight is 204 g/mol. The summed E-state index contributed by atoms with van der Waals surface area (Å²) in [5.74, 6) is 2.56. The second kappa shape index (κ2) is 5.38. The summed E-state index contributed by atoms with van der Waals surface area (Å²) in [5.41, 5.74) is 1.66. The molecule has 0 spiro atoms. The van der Waals surface area contributed by atoms with Crippen LogP contribution in [0, 0.1) is 12.3 Å². The van der Waals surface area contributed by atoms with Crippen LogP contribution in [0.5, 0.6) is 0 Å². The monoisotopic (exact) mass is 204 g/mol. The molecule has 0 radical (unpaired) electrons. The number of hydrogen-bond acceptors (Lipinski definition) is 3. The topological polar surface area (TPSA) is 36.4 Å². The largest absolute Gasteiger partial charge is 0.387 e. The molecule has 1 aromatic heterocycles. The summed E-state index contributed by atoms with van der Waals surface area (Å²) in [4.78, 5) is 6.12. The van der Waals surface area contributed by atoms with Crippen molar-refractivity contribution in [3.05, 3.63) is 24.0 Å². The Morgan fingerprint density at radius 3 is 2.80 bits per heavy atom. The standard InChI is InChI=1S/C12H16N2O/c1-4-8-14(3)10-6-7-11(13-9-10)12(15)5-2/h1,6-7,9,12,15H,5,8H2,2-3H3/t12-/m0/s1. The number of rotatable bonds is 4. The maximum absolute atomic E-state index is 9.55. The molecule has 1 N–H and O–H groups in total. The number of terminal acetylenes is 1. The quantitative estimate of drug-likeness (QED) is 0.757. The fourth-order valence-corrected chi connectivity index (χ4v) is 1.26. The summed E-state index contributed by atoms with van der Waals surface area (Å²) in [6, 6.07) is 3.75. The zero-order chi connectivity index (χ0) is 11.3. The lowest BCUT2D eigenvalue weighted by Gasteiger charge is -2.16. The predicted molar refractivity (Wildman–Crippen MR) is 61.6 cm³/mol. The minimum Gasteiger partial charge on any atom is -0.387 e. The van der Waals surface area contributed by atoms with E-state index in [1.165, 1.54) is 0 Å². The normalized spacial score (nSPS) is 11.9. The zero-order valence-electron chi connectivity index (χ0n) is 9.14. The Morgan fingerprint density at radius 2 is 2.33 bits per heavy atom. The second-order valence-corrected chi connectivity index (χ2v) is 3.43. The summed E-state index contributed by atoms with van der Waals surface area (Å²) in [6.45, 7) is 2.47. The van der Waals surface area contributed by atoms with Gasteiger partial charge in [-0.3, -0.25) is 4.98 Å². The first-order chi connectivity index (χ1) is 7.19. The van der Waals surface area contributed by atoms with E-state index in [-0.39, 0.29) is 0 Å². The minimum absolute atomic E-state index is 0.475. The Balaban J connectivity index is 2.77. The van der Waals surface area contributed by atoms with Gasteiger partial charge in [-0.05, 0) is 18.6 Å². The Hall–Kier alpha value is -1.53. The van der Waals surface area contributed by atoms with E-state index in [0.29, 0.717) is 18.7 Å². The molecule has 0 aliphatic carbocycles. The maximum atomic E-state index is 9.55. The van der Waals surface area contributed by atoms with Crippen LogP contribution in [0.4, 0.5) is 5.69 Å². The highest BCUT2D eigenvalue weighted by molar-refractivity contribution is 5.44. The predicted octanol–water partition coefficient (Wildman–Crippen LogP) is 1.59. The molecule has 1 heterocycles. The van der Waals surface area contributed by atoms with E-state index in [1.54, 1.807) is 6.20 Å². The summed E-state index contributed by atoms with van der Waals surface area (Å²) in [6.07, 6.45) is 7.14. The van der Waals surface area contributed by atoms with Gasteiger partial charge in [-0.25, -0.2) is 0 Å². The van der Waals surface area contributed by atoms with Crippen molar-refractivity contribution in [2.75, 3.05) is 18.5 Å². The molecule has 0 aliphatic heterocycles. The van der Waals surface area contributed by atoms with Crippen molar-refractivity contribution in [3.8, 4) is 12.3 Å². The molecule has 0 amide bonds. The Morgan fingerprint density at radius 1 is 1.60 bits per heavy atom. The summed E-state index contributed by atoms with van der Waals surface area (Å²) >= 11 is 0. The van der Waals surface area contributed by atoms with Gasteiger partial charge in [-0.1, -0.05) is 12.8 Å². The van der Waals surface area contributed by atoms with Crippen molar-refractivity contribution in [3.63, 3.8) is 0 Å². The average Bonchev–Trinajstić information content (AvgIpc) is 2.28. The van der Waals surface area contributed by atoms with Crippen LogP contribution in [-0.2, 0) is 0 Å². The number of aliphatic hydroxyl groups excluding tert-OH is 1. The van der Waals surface area contributed by atoms with E-state index in [2.05, 4.69) is 10.9 Å². The van der Waals surface area contributed by atoms with Gasteiger partial charge in [0.25, 0.3) is 0 Å². The Labute approximate surface area is 90.8 Å². The second-order valence-electron chi connectivity index (χ2n) is 3.43. The molecular weight excluding hydrogens is 188 g/mol.